The summed E-state index contributed by atoms with van der Waals surface area (Å²) in [5.41, 5.74) is 4.14. The average Bonchev–Trinajstić information content (AvgIpc) is 3.03. The first-order valence-electron chi connectivity index (χ1n) is 8.03. The molecule has 1 fully saturated rings. The Balaban J connectivity index is 1.74. The molecule has 3 heteroatoms. The minimum Gasteiger partial charge on any atom is -0.326 e. The van der Waals surface area contributed by atoms with E-state index in [0.717, 1.165) is 22.4 Å². The summed E-state index contributed by atoms with van der Waals surface area (Å²) in [6.07, 6.45) is 9.19. The fourth-order valence-corrected chi connectivity index (χ4v) is 3.15. The predicted octanol–water partition coefficient (Wildman–Crippen LogP) is 4.58. The van der Waals surface area contributed by atoms with Crippen molar-refractivity contribution in [3.63, 3.8) is 0 Å². The predicted molar refractivity (Wildman–Crippen MR) is 89.6 cm³/mol. The zero-order chi connectivity index (χ0) is 15.4. The van der Waals surface area contributed by atoms with Gasteiger partial charge in [-0.15, -0.1) is 0 Å². The van der Waals surface area contributed by atoms with Crippen molar-refractivity contribution in [1.29, 1.82) is 0 Å². The van der Waals surface area contributed by atoms with Gasteiger partial charge in [-0.2, -0.15) is 0 Å². The summed E-state index contributed by atoms with van der Waals surface area (Å²) in [5.74, 6) is 0.708. The third-order valence-corrected chi connectivity index (χ3v) is 4.46. The average molecular weight is 294 g/mol. The molecule has 1 saturated carbocycles. The molecule has 0 unspecified atom stereocenters. The van der Waals surface area contributed by atoms with Crippen LogP contribution in [-0.4, -0.2) is 10.9 Å². The quantitative estimate of drug-likeness (QED) is 0.897. The molecule has 0 saturated heterocycles. The highest BCUT2D eigenvalue weighted by atomic mass is 16.1. The van der Waals surface area contributed by atoms with Gasteiger partial charge in [0, 0.05) is 30.1 Å². The van der Waals surface area contributed by atoms with Crippen molar-refractivity contribution in [3.8, 4) is 11.1 Å². The Kier molecular flexibility index (Phi) is 4.52. The van der Waals surface area contributed by atoms with Crippen molar-refractivity contribution in [2.45, 2.75) is 39.0 Å². The van der Waals surface area contributed by atoms with E-state index in [1.54, 1.807) is 6.20 Å². The van der Waals surface area contributed by atoms with Gasteiger partial charge < -0.3 is 5.32 Å². The second-order valence-electron chi connectivity index (χ2n) is 6.17. The van der Waals surface area contributed by atoms with Crippen molar-refractivity contribution in [1.82, 2.24) is 4.98 Å². The van der Waals surface area contributed by atoms with E-state index < -0.39 is 0 Å². The number of carbonyl (C=O) groups is 1. The number of hydrogen-bond donors (Lipinski definition) is 1. The third kappa shape index (κ3) is 3.53. The number of anilines is 1. The van der Waals surface area contributed by atoms with Gasteiger partial charge in [0.05, 0.1) is 0 Å². The number of nitrogens with one attached hydrogen (secondary N) is 1. The highest BCUT2D eigenvalue weighted by Crippen LogP contribution is 2.29. The summed E-state index contributed by atoms with van der Waals surface area (Å²) in [5, 5.41) is 3.09. The van der Waals surface area contributed by atoms with Crippen LogP contribution < -0.4 is 5.32 Å². The highest BCUT2D eigenvalue weighted by Gasteiger charge is 2.18. The maximum atomic E-state index is 12.2. The number of amides is 1. The number of hydrogen-bond acceptors (Lipinski definition) is 2. The van der Waals surface area contributed by atoms with E-state index in [4.69, 9.17) is 0 Å². The van der Waals surface area contributed by atoms with Crippen molar-refractivity contribution >= 4 is 11.6 Å². The lowest BCUT2D eigenvalue weighted by Crippen LogP contribution is -2.15. The van der Waals surface area contributed by atoms with Gasteiger partial charge in [0.25, 0.3) is 0 Å². The smallest absolute Gasteiger partial charge is 0.224 e. The second kappa shape index (κ2) is 6.73. The van der Waals surface area contributed by atoms with Crippen LogP contribution in [0.4, 0.5) is 5.69 Å². The summed E-state index contributed by atoms with van der Waals surface area (Å²) >= 11 is 0. The molecular formula is C19H22N2O. The largest absolute Gasteiger partial charge is 0.326 e. The number of aromatic nitrogens is 1. The first kappa shape index (κ1) is 14.8. The van der Waals surface area contributed by atoms with Crippen LogP contribution in [0, 0.1) is 12.8 Å². The van der Waals surface area contributed by atoms with Gasteiger partial charge in [-0.05, 0) is 48.9 Å². The van der Waals surface area contributed by atoms with E-state index in [2.05, 4.69) is 16.4 Å². The monoisotopic (exact) mass is 294 g/mol. The van der Waals surface area contributed by atoms with Crippen LogP contribution in [0.15, 0.2) is 42.7 Å². The number of nitrogens with zero attached hydrogens (tertiary/aromatic N) is 1. The maximum Gasteiger partial charge on any atom is 0.224 e. The molecule has 1 aromatic heterocycles. The van der Waals surface area contributed by atoms with Crippen molar-refractivity contribution in [3.05, 3.63) is 48.3 Å². The SMILES string of the molecule is Cc1ccc(-c2cccnc2)cc1NC(=O)CC1CCCC1. The molecule has 1 amide bonds. The number of carbonyl (C=O) groups excluding carboxylic acids is 1. The van der Waals surface area contributed by atoms with E-state index in [9.17, 15) is 4.79 Å². The normalized spacial score (nSPS) is 15.0. The number of pyridine rings is 1. The second-order valence-corrected chi connectivity index (χ2v) is 6.17. The van der Waals surface area contributed by atoms with Gasteiger partial charge in [-0.1, -0.05) is 31.0 Å². The molecule has 3 rings (SSSR count). The van der Waals surface area contributed by atoms with Crippen molar-refractivity contribution in [2.24, 2.45) is 5.92 Å². The molecule has 1 aliphatic rings. The summed E-state index contributed by atoms with van der Waals surface area (Å²) in [6, 6.07) is 10.1. The molecule has 0 aliphatic heterocycles. The van der Waals surface area contributed by atoms with E-state index >= 15 is 0 Å². The Bertz CT molecular complexity index is 646. The van der Waals surface area contributed by atoms with Crippen LogP contribution in [-0.2, 0) is 4.79 Å². The maximum absolute atomic E-state index is 12.2. The minimum atomic E-state index is 0.137. The van der Waals surface area contributed by atoms with Gasteiger partial charge in [0.1, 0.15) is 0 Å². The molecule has 22 heavy (non-hydrogen) atoms. The van der Waals surface area contributed by atoms with Crippen LogP contribution >= 0.6 is 0 Å². The Labute approximate surface area is 131 Å². The topological polar surface area (TPSA) is 42.0 Å². The molecule has 0 atom stereocenters. The van der Waals surface area contributed by atoms with Crippen LogP contribution in [0.3, 0.4) is 0 Å². The Morgan fingerprint density at radius 3 is 2.77 bits per heavy atom. The van der Waals surface area contributed by atoms with Gasteiger partial charge >= 0.3 is 0 Å². The van der Waals surface area contributed by atoms with E-state index in [1.807, 2.05) is 37.4 Å². The van der Waals surface area contributed by atoms with Crippen LogP contribution in [0.25, 0.3) is 11.1 Å². The molecule has 2 aromatic rings. The fourth-order valence-electron chi connectivity index (χ4n) is 3.15. The summed E-state index contributed by atoms with van der Waals surface area (Å²) in [7, 11) is 0. The Hall–Kier alpha value is -2.16. The lowest BCUT2D eigenvalue weighted by Gasteiger charge is -2.13. The van der Waals surface area contributed by atoms with E-state index in [1.165, 1.54) is 25.7 Å². The number of rotatable bonds is 4. The van der Waals surface area contributed by atoms with Crippen LogP contribution in [0.1, 0.15) is 37.7 Å². The number of benzene rings is 1. The molecule has 114 valence electrons. The Morgan fingerprint density at radius 2 is 2.05 bits per heavy atom. The lowest BCUT2D eigenvalue weighted by atomic mass is 10.0. The fraction of sp³-hybridized carbons (Fsp3) is 0.368. The third-order valence-electron chi connectivity index (χ3n) is 4.46. The molecule has 3 nitrogen and oxygen atoms in total. The summed E-state index contributed by atoms with van der Waals surface area (Å²) < 4.78 is 0. The molecule has 1 aliphatic carbocycles. The van der Waals surface area contributed by atoms with Crippen molar-refractivity contribution < 1.29 is 4.79 Å². The zero-order valence-corrected chi connectivity index (χ0v) is 13.0. The van der Waals surface area contributed by atoms with Crippen LogP contribution in [0.5, 0.6) is 0 Å². The standard InChI is InChI=1S/C19H22N2O/c1-14-8-9-16(17-7-4-10-20-13-17)12-18(14)21-19(22)11-15-5-2-3-6-15/h4,7-10,12-13,15H,2-3,5-6,11H2,1H3,(H,21,22). The van der Waals surface area contributed by atoms with Crippen LogP contribution in [0.2, 0.25) is 0 Å². The molecule has 0 radical (unpaired) electrons. The van der Waals surface area contributed by atoms with Gasteiger partial charge in [0.15, 0.2) is 0 Å². The molecule has 1 heterocycles. The van der Waals surface area contributed by atoms with Gasteiger partial charge in [-0.3, -0.25) is 9.78 Å². The lowest BCUT2D eigenvalue weighted by molar-refractivity contribution is -0.117. The molecule has 1 aromatic carbocycles. The summed E-state index contributed by atoms with van der Waals surface area (Å²) in [4.78, 5) is 16.4. The first-order valence-corrected chi connectivity index (χ1v) is 8.03. The van der Waals surface area contributed by atoms with Gasteiger partial charge in [0.2, 0.25) is 5.91 Å². The van der Waals surface area contributed by atoms with E-state index in [0.29, 0.717) is 12.3 Å². The molecule has 0 spiro atoms. The van der Waals surface area contributed by atoms with Gasteiger partial charge in [-0.25, -0.2) is 0 Å². The number of aryl methyl sites for hydroxylation is 1. The highest BCUT2D eigenvalue weighted by molar-refractivity contribution is 5.92. The Morgan fingerprint density at radius 1 is 1.23 bits per heavy atom. The minimum absolute atomic E-state index is 0.137. The molecular weight excluding hydrogens is 272 g/mol. The summed E-state index contributed by atoms with van der Waals surface area (Å²) in [6.45, 7) is 2.03. The zero-order valence-electron chi connectivity index (χ0n) is 13.0. The van der Waals surface area contributed by atoms with Crippen molar-refractivity contribution in [2.75, 3.05) is 5.32 Å². The molecule has 1 N–H and O–H groups in total. The van der Waals surface area contributed by atoms with E-state index in [-0.39, 0.29) is 5.91 Å². The molecule has 0 bridgehead atoms. The first-order chi connectivity index (χ1) is 10.7.